The number of aliphatic imine (C=N–C) groups is 1. The average molecular weight is 412 g/mol. The number of aromatic amines is 1. The van der Waals surface area contributed by atoms with Crippen LogP contribution in [0.15, 0.2) is 29.4 Å². The summed E-state index contributed by atoms with van der Waals surface area (Å²) >= 11 is 0. The van der Waals surface area contributed by atoms with Gasteiger partial charge in [-0.25, -0.2) is 17.1 Å². The number of benzene rings is 1. The van der Waals surface area contributed by atoms with E-state index in [9.17, 15) is 12.8 Å². The molecule has 156 valence electrons. The lowest BCUT2D eigenvalue weighted by molar-refractivity contribution is 0.465. The molecule has 0 unspecified atom stereocenters. The molecule has 28 heavy (non-hydrogen) atoms. The van der Waals surface area contributed by atoms with Crippen molar-refractivity contribution in [1.29, 1.82) is 0 Å². The van der Waals surface area contributed by atoms with Gasteiger partial charge in [0.2, 0.25) is 10.0 Å². The summed E-state index contributed by atoms with van der Waals surface area (Å²) in [6.07, 6.45) is 3.33. The molecule has 9 heteroatoms. The topological polar surface area (TPSA) is 89.6 Å². The molecule has 0 atom stereocenters. The molecule has 0 radical (unpaired) electrons. The van der Waals surface area contributed by atoms with Gasteiger partial charge in [0.1, 0.15) is 5.82 Å². The zero-order valence-electron chi connectivity index (χ0n) is 16.8. The van der Waals surface area contributed by atoms with E-state index < -0.39 is 10.0 Å². The highest BCUT2D eigenvalue weighted by Gasteiger charge is 2.13. The van der Waals surface area contributed by atoms with Gasteiger partial charge < -0.3 is 15.6 Å². The third kappa shape index (κ3) is 6.20. The van der Waals surface area contributed by atoms with Crippen molar-refractivity contribution in [2.75, 3.05) is 39.0 Å². The van der Waals surface area contributed by atoms with Crippen LogP contribution in [0.1, 0.15) is 25.8 Å². The molecule has 0 fully saturated rings. The second-order valence-corrected chi connectivity index (χ2v) is 8.88. The normalized spacial score (nSPS) is 12.7. The standard InChI is InChI=1S/C19H30FN5O2S/c1-4-21-19(22-10-6-12-25(3)28(26,27)5-2)23-11-9-15-14-24-18-13-16(20)7-8-17(15)18/h7-8,13-14,24H,4-6,9-12H2,1-3H3,(H2,21,22,23). The zero-order valence-corrected chi connectivity index (χ0v) is 17.6. The highest BCUT2D eigenvalue weighted by Crippen LogP contribution is 2.19. The van der Waals surface area contributed by atoms with Gasteiger partial charge in [-0.3, -0.25) is 4.99 Å². The van der Waals surface area contributed by atoms with Gasteiger partial charge in [0.15, 0.2) is 5.96 Å². The van der Waals surface area contributed by atoms with Crippen LogP contribution >= 0.6 is 0 Å². The molecule has 0 aliphatic heterocycles. The van der Waals surface area contributed by atoms with Crippen molar-refractivity contribution in [3.8, 4) is 0 Å². The fourth-order valence-corrected chi connectivity index (χ4v) is 3.71. The van der Waals surface area contributed by atoms with E-state index >= 15 is 0 Å². The number of hydrogen-bond donors (Lipinski definition) is 3. The molecular formula is C19H30FN5O2S. The van der Waals surface area contributed by atoms with Crippen molar-refractivity contribution >= 4 is 26.9 Å². The van der Waals surface area contributed by atoms with E-state index in [1.165, 1.54) is 16.4 Å². The van der Waals surface area contributed by atoms with E-state index in [1.54, 1.807) is 20.0 Å². The molecule has 7 nitrogen and oxygen atoms in total. The number of aromatic nitrogens is 1. The first-order chi connectivity index (χ1) is 13.4. The maximum absolute atomic E-state index is 13.3. The molecule has 0 saturated carbocycles. The second-order valence-electron chi connectivity index (χ2n) is 6.52. The molecule has 0 aliphatic rings. The fraction of sp³-hybridized carbons (Fsp3) is 0.526. The number of guanidine groups is 1. The summed E-state index contributed by atoms with van der Waals surface area (Å²) in [6.45, 7) is 6.03. The molecule has 1 aromatic carbocycles. The minimum atomic E-state index is -3.14. The highest BCUT2D eigenvalue weighted by molar-refractivity contribution is 7.89. The maximum Gasteiger partial charge on any atom is 0.213 e. The van der Waals surface area contributed by atoms with Crippen LogP contribution in [0.5, 0.6) is 0 Å². The predicted molar refractivity (Wildman–Crippen MR) is 113 cm³/mol. The number of nitrogens with one attached hydrogen (secondary N) is 3. The molecule has 1 heterocycles. The summed E-state index contributed by atoms with van der Waals surface area (Å²) in [5.74, 6) is 0.560. The Morgan fingerprint density at radius 3 is 2.79 bits per heavy atom. The van der Waals surface area contributed by atoms with Gasteiger partial charge in [-0.2, -0.15) is 0 Å². The molecule has 0 spiro atoms. The minimum absolute atomic E-state index is 0.109. The van der Waals surface area contributed by atoms with E-state index in [2.05, 4.69) is 20.6 Å². The van der Waals surface area contributed by atoms with Gasteiger partial charge in [-0.1, -0.05) is 0 Å². The quantitative estimate of drug-likeness (QED) is 0.317. The van der Waals surface area contributed by atoms with Crippen molar-refractivity contribution in [3.63, 3.8) is 0 Å². The van der Waals surface area contributed by atoms with Gasteiger partial charge in [0, 0.05) is 50.3 Å². The molecule has 0 saturated heterocycles. The van der Waals surface area contributed by atoms with Crippen LogP contribution in [0.4, 0.5) is 4.39 Å². The van der Waals surface area contributed by atoms with Crippen LogP contribution in [-0.2, 0) is 16.4 Å². The van der Waals surface area contributed by atoms with E-state index in [1.807, 2.05) is 13.1 Å². The van der Waals surface area contributed by atoms with E-state index in [4.69, 9.17) is 0 Å². The molecule has 0 bridgehead atoms. The lowest BCUT2D eigenvalue weighted by Gasteiger charge is -2.15. The summed E-state index contributed by atoms with van der Waals surface area (Å²) in [4.78, 5) is 7.60. The van der Waals surface area contributed by atoms with Gasteiger partial charge >= 0.3 is 0 Å². The molecular weight excluding hydrogens is 381 g/mol. The third-order valence-corrected chi connectivity index (χ3v) is 6.36. The summed E-state index contributed by atoms with van der Waals surface area (Å²) in [6, 6.07) is 4.75. The zero-order chi connectivity index (χ0) is 20.6. The lowest BCUT2D eigenvalue weighted by Crippen LogP contribution is -2.38. The summed E-state index contributed by atoms with van der Waals surface area (Å²) in [5, 5.41) is 7.49. The monoisotopic (exact) mass is 411 g/mol. The smallest absolute Gasteiger partial charge is 0.213 e. The minimum Gasteiger partial charge on any atom is -0.361 e. The Morgan fingerprint density at radius 2 is 2.07 bits per heavy atom. The number of sulfonamides is 1. The maximum atomic E-state index is 13.3. The van der Waals surface area contributed by atoms with Gasteiger partial charge in [0.05, 0.1) is 5.75 Å². The lowest BCUT2D eigenvalue weighted by atomic mass is 10.1. The van der Waals surface area contributed by atoms with Gasteiger partial charge in [0.25, 0.3) is 0 Å². The first-order valence-corrected chi connectivity index (χ1v) is 11.2. The summed E-state index contributed by atoms with van der Waals surface area (Å²) < 4.78 is 38.1. The molecule has 2 aromatic rings. The molecule has 3 N–H and O–H groups in total. The van der Waals surface area contributed by atoms with Crippen molar-refractivity contribution in [1.82, 2.24) is 19.9 Å². The third-order valence-electron chi connectivity index (χ3n) is 4.50. The number of H-pyrrole nitrogens is 1. The molecule has 0 amide bonds. The molecule has 0 aliphatic carbocycles. The van der Waals surface area contributed by atoms with Crippen LogP contribution < -0.4 is 10.6 Å². The predicted octanol–water partition coefficient (Wildman–Crippen LogP) is 2.08. The highest BCUT2D eigenvalue weighted by atomic mass is 32.2. The Morgan fingerprint density at radius 1 is 1.29 bits per heavy atom. The first kappa shape index (κ1) is 22.2. The number of hydrogen-bond acceptors (Lipinski definition) is 3. The Kier molecular flexibility index (Phi) is 8.25. The van der Waals surface area contributed by atoms with Gasteiger partial charge in [-0.05, 0) is 50.5 Å². The summed E-state index contributed by atoms with van der Waals surface area (Å²) in [5.41, 5.74) is 1.91. The van der Waals surface area contributed by atoms with E-state index in [0.29, 0.717) is 32.0 Å². The largest absolute Gasteiger partial charge is 0.361 e. The first-order valence-electron chi connectivity index (χ1n) is 9.59. The van der Waals surface area contributed by atoms with E-state index in [-0.39, 0.29) is 11.6 Å². The van der Waals surface area contributed by atoms with Crippen molar-refractivity contribution < 1.29 is 12.8 Å². The molecule has 2 rings (SSSR count). The Hall–Kier alpha value is -2.13. The number of rotatable bonds is 10. The number of nitrogens with zero attached hydrogens (tertiary/aromatic N) is 2. The molecule has 1 aromatic heterocycles. The SMILES string of the molecule is CCNC(=NCCCN(C)S(=O)(=O)CC)NCCc1c[nH]c2cc(F)ccc12. The average Bonchev–Trinajstić information content (AvgIpc) is 3.06. The Balaban J connectivity index is 1.84. The van der Waals surface area contributed by atoms with Crippen molar-refractivity contribution in [2.24, 2.45) is 4.99 Å². The van der Waals surface area contributed by atoms with Crippen LogP contribution in [0.25, 0.3) is 10.9 Å². The van der Waals surface area contributed by atoms with E-state index in [0.717, 1.165) is 29.4 Å². The fourth-order valence-electron chi connectivity index (χ4n) is 2.87. The van der Waals surface area contributed by atoms with Crippen molar-refractivity contribution in [2.45, 2.75) is 26.7 Å². The van der Waals surface area contributed by atoms with Crippen molar-refractivity contribution in [3.05, 3.63) is 35.8 Å². The van der Waals surface area contributed by atoms with Gasteiger partial charge in [-0.15, -0.1) is 0 Å². The second kappa shape index (κ2) is 10.4. The Bertz CT molecular complexity index is 895. The van der Waals surface area contributed by atoms with Crippen LogP contribution in [0.3, 0.4) is 0 Å². The van der Waals surface area contributed by atoms with Crippen LogP contribution in [-0.4, -0.2) is 62.6 Å². The van der Waals surface area contributed by atoms with Crippen LogP contribution in [0.2, 0.25) is 0 Å². The summed E-state index contributed by atoms with van der Waals surface area (Å²) in [7, 11) is -1.55. The van der Waals surface area contributed by atoms with Crippen LogP contribution in [0, 0.1) is 5.82 Å². The number of fused-ring (bicyclic) bond motifs is 1. The Labute approximate surface area is 166 Å². The number of halogens is 1.